The van der Waals surface area contributed by atoms with Crippen molar-refractivity contribution in [2.24, 2.45) is 0 Å². The highest BCUT2D eigenvalue weighted by atomic mass is 16.5. The summed E-state index contributed by atoms with van der Waals surface area (Å²) in [6, 6.07) is 5.63. The zero-order valence-corrected chi connectivity index (χ0v) is 17.4. The molecule has 2 N–H and O–H groups in total. The minimum atomic E-state index is -0.169. The van der Waals surface area contributed by atoms with E-state index >= 15 is 0 Å². The normalized spacial score (nSPS) is 16.1. The highest BCUT2D eigenvalue weighted by Crippen LogP contribution is 2.38. The van der Waals surface area contributed by atoms with Gasteiger partial charge in [0.15, 0.2) is 5.82 Å². The Hall–Kier alpha value is -3.94. The van der Waals surface area contributed by atoms with Crippen molar-refractivity contribution in [2.45, 2.75) is 19.3 Å². The summed E-state index contributed by atoms with van der Waals surface area (Å²) < 4.78 is 5.72. The number of aromatic nitrogens is 3. The molecule has 0 fully saturated rings. The van der Waals surface area contributed by atoms with Gasteiger partial charge in [0.05, 0.1) is 29.2 Å². The zero-order chi connectivity index (χ0) is 21.8. The molecule has 1 aliphatic carbocycles. The molecule has 4 heterocycles. The van der Waals surface area contributed by atoms with E-state index in [1.807, 2.05) is 24.4 Å². The van der Waals surface area contributed by atoms with Crippen molar-refractivity contribution in [1.82, 2.24) is 20.3 Å². The number of fused-ring (bicyclic) bond motifs is 6. The van der Waals surface area contributed by atoms with Crippen LogP contribution >= 0.6 is 0 Å². The van der Waals surface area contributed by atoms with E-state index in [1.54, 1.807) is 4.90 Å². The van der Waals surface area contributed by atoms with Crippen molar-refractivity contribution in [2.75, 3.05) is 24.6 Å². The molecule has 0 spiro atoms. The average Bonchev–Trinajstić information content (AvgIpc) is 3.23. The maximum atomic E-state index is 12.5. The SMILES string of the molecule is C=CC(=O)N1CCOc2ccc(-c3ncc4c(n3)-c3[nH]c5c(c3CC4)C(=O)NCC5)cc21. The molecule has 160 valence electrons. The Morgan fingerprint density at radius 2 is 2.16 bits per heavy atom. The molecule has 0 saturated heterocycles. The lowest BCUT2D eigenvalue weighted by molar-refractivity contribution is -0.114. The molecule has 1 aromatic carbocycles. The first-order chi connectivity index (χ1) is 15.6. The molecule has 2 amide bonds. The van der Waals surface area contributed by atoms with Crippen molar-refractivity contribution in [1.29, 1.82) is 0 Å². The van der Waals surface area contributed by atoms with Crippen molar-refractivity contribution >= 4 is 17.5 Å². The van der Waals surface area contributed by atoms with Gasteiger partial charge in [0.1, 0.15) is 12.4 Å². The van der Waals surface area contributed by atoms with Gasteiger partial charge in [-0.3, -0.25) is 9.59 Å². The number of ether oxygens (including phenoxy) is 1. The van der Waals surface area contributed by atoms with Gasteiger partial charge in [0.2, 0.25) is 0 Å². The van der Waals surface area contributed by atoms with E-state index in [1.165, 1.54) is 6.08 Å². The van der Waals surface area contributed by atoms with Crippen LogP contribution in [0.4, 0.5) is 5.69 Å². The second kappa shape index (κ2) is 7.05. The number of carbonyl (C=O) groups excluding carboxylic acids is 2. The Morgan fingerprint density at radius 3 is 3.03 bits per heavy atom. The summed E-state index contributed by atoms with van der Waals surface area (Å²) in [5, 5.41) is 2.94. The van der Waals surface area contributed by atoms with Gasteiger partial charge in [-0.15, -0.1) is 0 Å². The quantitative estimate of drug-likeness (QED) is 0.612. The molecule has 8 nitrogen and oxygen atoms in total. The molecule has 0 bridgehead atoms. The first-order valence-corrected chi connectivity index (χ1v) is 10.7. The second-order valence-corrected chi connectivity index (χ2v) is 8.13. The maximum Gasteiger partial charge on any atom is 0.253 e. The van der Waals surface area contributed by atoms with Crippen molar-refractivity contribution in [3.8, 4) is 28.5 Å². The number of benzene rings is 1. The fourth-order valence-electron chi connectivity index (χ4n) is 4.80. The predicted octanol–water partition coefficient (Wildman–Crippen LogP) is 2.43. The van der Waals surface area contributed by atoms with Gasteiger partial charge in [-0.05, 0) is 48.2 Å². The third-order valence-electron chi connectivity index (χ3n) is 6.34. The van der Waals surface area contributed by atoms with Crippen molar-refractivity contribution < 1.29 is 14.3 Å². The number of hydrogen-bond acceptors (Lipinski definition) is 5. The van der Waals surface area contributed by atoms with Gasteiger partial charge in [-0.2, -0.15) is 0 Å². The third-order valence-corrected chi connectivity index (χ3v) is 6.34. The van der Waals surface area contributed by atoms with Crippen LogP contribution in [0.1, 0.15) is 27.2 Å². The lowest BCUT2D eigenvalue weighted by Gasteiger charge is -2.29. The number of carbonyl (C=O) groups is 2. The third kappa shape index (κ3) is 2.76. The molecule has 0 atom stereocenters. The number of amides is 2. The van der Waals surface area contributed by atoms with E-state index in [0.29, 0.717) is 37.0 Å². The van der Waals surface area contributed by atoms with Crippen LogP contribution in [0.5, 0.6) is 5.75 Å². The fourth-order valence-corrected chi connectivity index (χ4v) is 4.80. The summed E-state index contributed by atoms with van der Waals surface area (Å²) in [4.78, 5) is 39.4. The summed E-state index contributed by atoms with van der Waals surface area (Å²) in [5.41, 5.74) is 7.10. The number of H-pyrrole nitrogens is 1. The molecule has 2 aliphatic heterocycles. The summed E-state index contributed by atoms with van der Waals surface area (Å²) in [5.74, 6) is 1.03. The number of rotatable bonds is 2. The van der Waals surface area contributed by atoms with Gasteiger partial charge < -0.3 is 19.9 Å². The summed E-state index contributed by atoms with van der Waals surface area (Å²) in [7, 11) is 0. The number of anilines is 1. The summed E-state index contributed by atoms with van der Waals surface area (Å²) in [6.45, 7) is 5.15. The first-order valence-electron chi connectivity index (χ1n) is 10.7. The number of hydrogen-bond donors (Lipinski definition) is 2. The number of nitrogens with one attached hydrogen (secondary N) is 2. The van der Waals surface area contributed by atoms with Crippen LogP contribution in [-0.2, 0) is 24.1 Å². The van der Waals surface area contributed by atoms with Crippen LogP contribution in [0.25, 0.3) is 22.8 Å². The van der Waals surface area contributed by atoms with E-state index < -0.39 is 0 Å². The van der Waals surface area contributed by atoms with Crippen LogP contribution in [-0.4, -0.2) is 46.5 Å². The molecule has 2 aromatic heterocycles. The van der Waals surface area contributed by atoms with Gasteiger partial charge >= 0.3 is 0 Å². The monoisotopic (exact) mass is 427 g/mol. The van der Waals surface area contributed by atoms with Gasteiger partial charge in [0.25, 0.3) is 11.8 Å². The Bertz CT molecular complexity index is 1310. The van der Waals surface area contributed by atoms with Crippen molar-refractivity contribution in [3.63, 3.8) is 0 Å². The highest BCUT2D eigenvalue weighted by Gasteiger charge is 2.31. The molecule has 3 aliphatic rings. The van der Waals surface area contributed by atoms with E-state index in [2.05, 4.69) is 21.9 Å². The minimum Gasteiger partial charge on any atom is -0.490 e. The molecule has 3 aromatic rings. The van der Waals surface area contributed by atoms with Gasteiger partial charge in [-0.1, -0.05) is 6.58 Å². The molecule has 6 rings (SSSR count). The Morgan fingerprint density at radius 1 is 1.25 bits per heavy atom. The predicted molar refractivity (Wildman–Crippen MR) is 119 cm³/mol. The molecule has 8 heteroatoms. The van der Waals surface area contributed by atoms with Crippen LogP contribution in [0, 0.1) is 0 Å². The second-order valence-electron chi connectivity index (χ2n) is 8.13. The van der Waals surface area contributed by atoms with Gasteiger partial charge in [0, 0.05) is 30.4 Å². The summed E-state index contributed by atoms with van der Waals surface area (Å²) in [6.07, 6.45) is 5.54. The average molecular weight is 427 g/mol. The Balaban J connectivity index is 1.45. The first kappa shape index (κ1) is 18.8. The Kier molecular flexibility index (Phi) is 4.14. The lowest BCUT2D eigenvalue weighted by Crippen LogP contribution is -2.36. The maximum absolute atomic E-state index is 12.5. The number of aromatic amines is 1. The molecular formula is C24H21N5O3. The number of aryl methyl sites for hydroxylation is 1. The minimum absolute atomic E-state index is 0.0110. The highest BCUT2D eigenvalue weighted by molar-refractivity contribution is 6.03. The number of nitrogens with zero attached hydrogens (tertiary/aromatic N) is 3. The smallest absolute Gasteiger partial charge is 0.253 e. The van der Waals surface area contributed by atoms with Crippen LogP contribution < -0.4 is 15.0 Å². The molecule has 32 heavy (non-hydrogen) atoms. The summed E-state index contributed by atoms with van der Waals surface area (Å²) >= 11 is 0. The fraction of sp³-hybridized carbons (Fsp3) is 0.250. The molecule has 0 unspecified atom stereocenters. The van der Waals surface area contributed by atoms with E-state index in [9.17, 15) is 9.59 Å². The Labute approximate surface area is 184 Å². The molecule has 0 radical (unpaired) electrons. The van der Waals surface area contributed by atoms with Crippen LogP contribution in [0.2, 0.25) is 0 Å². The van der Waals surface area contributed by atoms with Gasteiger partial charge in [-0.25, -0.2) is 9.97 Å². The van der Waals surface area contributed by atoms with E-state index in [4.69, 9.17) is 9.72 Å². The topological polar surface area (TPSA) is 100 Å². The van der Waals surface area contributed by atoms with Crippen LogP contribution in [0.15, 0.2) is 37.1 Å². The largest absolute Gasteiger partial charge is 0.490 e. The standard InChI is InChI=1S/C24H21N5O3/c1-2-19(30)29-9-10-32-18-6-4-13(11-17(18)29)23-26-12-14-3-5-15-20-16(7-8-25-24(20)31)27-22(15)21(14)28-23/h2,4,6,11-12,27H,1,3,5,7-10H2,(H,25,31). The van der Waals surface area contributed by atoms with Crippen LogP contribution in [0.3, 0.4) is 0 Å². The zero-order valence-electron chi connectivity index (χ0n) is 17.4. The molecular weight excluding hydrogens is 406 g/mol. The van der Waals surface area contributed by atoms with E-state index in [-0.39, 0.29) is 11.8 Å². The van der Waals surface area contributed by atoms with Crippen molar-refractivity contribution in [3.05, 3.63) is 59.4 Å². The van der Waals surface area contributed by atoms with E-state index in [0.717, 1.165) is 58.6 Å². The lowest BCUT2D eigenvalue weighted by atomic mass is 9.91. The molecule has 0 saturated carbocycles.